The van der Waals surface area contributed by atoms with Crippen LogP contribution < -0.4 is 0 Å². The predicted octanol–water partition coefficient (Wildman–Crippen LogP) is 3.70. The summed E-state index contributed by atoms with van der Waals surface area (Å²) in [5, 5.41) is 0. The summed E-state index contributed by atoms with van der Waals surface area (Å²) in [6, 6.07) is 9.81. The molecule has 2 heteroatoms. The van der Waals surface area contributed by atoms with Gasteiger partial charge in [0.05, 0.1) is 0 Å². The average molecular weight is 279 g/mol. The van der Waals surface area contributed by atoms with E-state index in [1.54, 1.807) is 31.2 Å². The first-order chi connectivity index (χ1) is 6.57. The van der Waals surface area contributed by atoms with Gasteiger partial charge in [0.1, 0.15) is 5.78 Å². The van der Waals surface area contributed by atoms with Gasteiger partial charge >= 0.3 is 0 Å². The standard InChI is InChI=1S/C8H7O.C5H11.Y/c1-7(9)8-5-3-2-4-6-8;1-4-5(2)3;/h3-6H,1H3;4H2,1-3H3;/q2*-1;. The van der Waals surface area contributed by atoms with E-state index in [2.05, 4.69) is 26.8 Å². The van der Waals surface area contributed by atoms with Gasteiger partial charge in [-0.05, 0) is 6.92 Å². The van der Waals surface area contributed by atoms with Crippen molar-refractivity contribution in [3.63, 3.8) is 0 Å². The first kappa shape index (κ1) is 17.4. The summed E-state index contributed by atoms with van der Waals surface area (Å²) in [6.45, 7) is 7.99. The summed E-state index contributed by atoms with van der Waals surface area (Å²) < 4.78 is 0. The largest absolute Gasteiger partial charge is 0.320 e. The maximum absolute atomic E-state index is 10.6. The topological polar surface area (TPSA) is 17.1 Å². The molecule has 0 unspecified atom stereocenters. The van der Waals surface area contributed by atoms with Crippen LogP contribution in [-0.2, 0) is 32.7 Å². The van der Waals surface area contributed by atoms with E-state index in [4.69, 9.17) is 0 Å². The molecule has 0 fully saturated rings. The van der Waals surface area contributed by atoms with E-state index in [0.29, 0.717) is 0 Å². The van der Waals surface area contributed by atoms with Gasteiger partial charge in [-0.1, -0.05) is 12.5 Å². The zero-order valence-electron chi connectivity index (χ0n) is 10.0. The van der Waals surface area contributed by atoms with E-state index in [9.17, 15) is 4.79 Å². The number of hydrogen-bond donors (Lipinski definition) is 0. The number of carbonyl (C=O) groups excluding carboxylic acids is 1. The number of benzene rings is 1. The SMILES string of the molecule is CC(=O)c1cc[c-]cc1.CC[C-](C)C.[Y]. The first-order valence-corrected chi connectivity index (χ1v) is 4.84. The minimum atomic E-state index is 0. The predicted molar refractivity (Wildman–Crippen MR) is 60.2 cm³/mol. The van der Waals surface area contributed by atoms with Gasteiger partial charge in [0.15, 0.2) is 0 Å². The fourth-order valence-corrected chi connectivity index (χ4v) is 0.622. The van der Waals surface area contributed by atoms with Crippen LogP contribution in [0.1, 0.15) is 44.5 Å². The molecule has 0 spiro atoms. The fourth-order valence-electron chi connectivity index (χ4n) is 0.622. The van der Waals surface area contributed by atoms with Crippen molar-refractivity contribution in [2.24, 2.45) is 0 Å². The molecule has 0 amide bonds. The van der Waals surface area contributed by atoms with Gasteiger partial charge in [0.25, 0.3) is 0 Å². The molecule has 1 radical (unpaired) electrons. The Bertz CT molecular complexity index is 254. The molecular formula is C13H18OY-2. The van der Waals surface area contributed by atoms with Crippen LogP contribution in [0.5, 0.6) is 0 Å². The van der Waals surface area contributed by atoms with Crippen molar-refractivity contribution in [3.8, 4) is 0 Å². The van der Waals surface area contributed by atoms with Gasteiger partial charge in [0, 0.05) is 32.7 Å². The second-order valence-corrected chi connectivity index (χ2v) is 3.41. The maximum Gasteiger partial charge on any atom is 0.135 e. The summed E-state index contributed by atoms with van der Waals surface area (Å²) in [7, 11) is 0. The van der Waals surface area contributed by atoms with E-state index in [-0.39, 0.29) is 38.5 Å². The summed E-state index contributed by atoms with van der Waals surface area (Å²) >= 11 is 0. The van der Waals surface area contributed by atoms with Crippen LogP contribution in [0.15, 0.2) is 24.3 Å². The summed E-state index contributed by atoms with van der Waals surface area (Å²) in [6.07, 6.45) is 1.22. The Kier molecular flexibility index (Phi) is 12.2. The molecule has 0 atom stereocenters. The Balaban J connectivity index is 0. The summed E-state index contributed by atoms with van der Waals surface area (Å²) in [5.74, 6) is 1.61. The zero-order valence-corrected chi connectivity index (χ0v) is 12.8. The Morgan fingerprint density at radius 2 is 1.73 bits per heavy atom. The van der Waals surface area contributed by atoms with Crippen molar-refractivity contribution in [1.82, 2.24) is 0 Å². The molecule has 81 valence electrons. The van der Waals surface area contributed by atoms with E-state index in [1.165, 1.54) is 12.3 Å². The van der Waals surface area contributed by atoms with Gasteiger partial charge in [-0.3, -0.25) is 4.79 Å². The van der Waals surface area contributed by atoms with Gasteiger partial charge in [0.2, 0.25) is 0 Å². The third-order valence-corrected chi connectivity index (χ3v) is 1.83. The van der Waals surface area contributed by atoms with Gasteiger partial charge in [-0.2, -0.15) is 50.6 Å². The molecule has 1 nitrogen and oxygen atoms in total. The molecule has 0 aliphatic rings. The molecule has 1 aromatic rings. The third-order valence-electron chi connectivity index (χ3n) is 1.83. The molecule has 0 bridgehead atoms. The Morgan fingerprint density at radius 3 is 1.93 bits per heavy atom. The molecule has 0 saturated carbocycles. The van der Waals surface area contributed by atoms with Crippen molar-refractivity contribution >= 4 is 5.78 Å². The fraction of sp³-hybridized carbons (Fsp3) is 0.385. The monoisotopic (exact) mass is 279 g/mol. The number of hydrogen-bond acceptors (Lipinski definition) is 1. The van der Waals surface area contributed by atoms with Gasteiger partial charge in [-0.15, -0.1) is 0 Å². The van der Waals surface area contributed by atoms with Crippen LogP contribution >= 0.6 is 0 Å². The molecule has 15 heavy (non-hydrogen) atoms. The Hall–Kier alpha value is -0.00610. The smallest absolute Gasteiger partial charge is 0.135 e. The molecule has 0 aliphatic heterocycles. The van der Waals surface area contributed by atoms with Crippen LogP contribution in [0.3, 0.4) is 0 Å². The van der Waals surface area contributed by atoms with E-state index < -0.39 is 0 Å². The quantitative estimate of drug-likeness (QED) is 0.596. The second-order valence-electron chi connectivity index (χ2n) is 3.41. The summed E-state index contributed by atoms with van der Waals surface area (Å²) in [5.41, 5.74) is 0.744. The molecule has 1 aromatic carbocycles. The molecule has 0 aliphatic carbocycles. The Labute approximate surface area is 119 Å². The zero-order chi connectivity index (χ0) is 11.0. The van der Waals surface area contributed by atoms with Crippen molar-refractivity contribution < 1.29 is 37.5 Å². The van der Waals surface area contributed by atoms with Crippen molar-refractivity contribution in [3.05, 3.63) is 41.8 Å². The van der Waals surface area contributed by atoms with Crippen molar-refractivity contribution in [2.45, 2.75) is 34.1 Å². The van der Waals surface area contributed by atoms with Crippen LogP contribution in [-0.4, -0.2) is 5.78 Å². The minimum Gasteiger partial charge on any atom is -0.320 e. The minimum absolute atomic E-state index is 0. The molecular weight excluding hydrogens is 261 g/mol. The van der Waals surface area contributed by atoms with Crippen LogP contribution in [0.25, 0.3) is 0 Å². The third kappa shape index (κ3) is 10.3. The van der Waals surface area contributed by atoms with E-state index >= 15 is 0 Å². The van der Waals surface area contributed by atoms with Crippen LogP contribution in [0, 0.1) is 12.0 Å². The second kappa shape index (κ2) is 10.5. The molecule has 0 saturated heterocycles. The van der Waals surface area contributed by atoms with E-state index in [1.807, 2.05) is 0 Å². The molecule has 0 heterocycles. The number of carbonyl (C=O) groups is 1. The van der Waals surface area contributed by atoms with Crippen LogP contribution in [0.4, 0.5) is 0 Å². The molecule has 0 aromatic heterocycles. The van der Waals surface area contributed by atoms with E-state index in [0.717, 1.165) is 5.56 Å². The number of rotatable bonds is 2. The molecule has 1 rings (SSSR count). The summed E-state index contributed by atoms with van der Waals surface area (Å²) in [4.78, 5) is 10.6. The first-order valence-electron chi connectivity index (χ1n) is 4.84. The van der Waals surface area contributed by atoms with Gasteiger partial charge < -0.3 is 5.92 Å². The van der Waals surface area contributed by atoms with Gasteiger partial charge in [-0.25, -0.2) is 0 Å². The Morgan fingerprint density at radius 1 is 1.33 bits per heavy atom. The normalized spacial score (nSPS) is 8.60. The average Bonchev–Trinajstić information content (AvgIpc) is 2.20. The maximum atomic E-state index is 10.6. The van der Waals surface area contributed by atoms with Crippen molar-refractivity contribution in [1.29, 1.82) is 0 Å². The van der Waals surface area contributed by atoms with Crippen LogP contribution in [0.2, 0.25) is 0 Å². The number of Topliss-reactive ketones (excluding diaryl/α,β-unsaturated/α-hetero) is 1. The molecule has 0 N–H and O–H groups in total. The number of ketones is 1. The van der Waals surface area contributed by atoms with Crippen molar-refractivity contribution in [2.75, 3.05) is 0 Å².